The number of hydrogen-bond donors (Lipinski definition) is 1. The fourth-order valence-corrected chi connectivity index (χ4v) is 3.43. The summed E-state index contributed by atoms with van der Waals surface area (Å²) in [4.78, 5) is 2.60. The Labute approximate surface area is 106 Å². The van der Waals surface area contributed by atoms with E-state index in [2.05, 4.69) is 18.7 Å². The molecule has 1 aliphatic heterocycles. The summed E-state index contributed by atoms with van der Waals surface area (Å²) in [5, 5.41) is 0. The Morgan fingerprint density at radius 3 is 2.88 bits per heavy atom. The van der Waals surface area contributed by atoms with Crippen molar-refractivity contribution in [2.24, 2.45) is 11.7 Å². The molecule has 4 unspecified atom stereocenters. The summed E-state index contributed by atoms with van der Waals surface area (Å²) in [6.07, 6.45) is 6.71. The van der Waals surface area contributed by atoms with E-state index >= 15 is 0 Å². The van der Waals surface area contributed by atoms with Crippen LogP contribution in [0.15, 0.2) is 0 Å². The Balaban J connectivity index is 1.91. The highest BCUT2D eigenvalue weighted by atomic mass is 16.5. The number of nitrogens with two attached hydrogens (primary N) is 1. The zero-order valence-corrected chi connectivity index (χ0v) is 11.4. The zero-order chi connectivity index (χ0) is 12.3. The molecule has 1 aliphatic carbocycles. The van der Waals surface area contributed by atoms with Crippen LogP contribution in [0.25, 0.3) is 0 Å². The van der Waals surface area contributed by atoms with Crippen LogP contribution in [0.3, 0.4) is 0 Å². The molecule has 17 heavy (non-hydrogen) atoms. The molecule has 4 atom stereocenters. The number of likely N-dealkylation sites (tertiary alicyclic amines) is 1. The molecule has 0 aromatic heterocycles. The van der Waals surface area contributed by atoms with E-state index in [-0.39, 0.29) is 0 Å². The monoisotopic (exact) mass is 240 g/mol. The Bertz CT molecular complexity index is 232. The Morgan fingerprint density at radius 2 is 2.12 bits per heavy atom. The molecule has 0 aromatic carbocycles. The Kier molecular flexibility index (Phi) is 4.83. The zero-order valence-electron chi connectivity index (χ0n) is 11.4. The van der Waals surface area contributed by atoms with Crippen molar-refractivity contribution in [3.05, 3.63) is 0 Å². The Hall–Kier alpha value is -0.120. The van der Waals surface area contributed by atoms with Crippen LogP contribution in [0, 0.1) is 5.92 Å². The maximum absolute atomic E-state index is 6.31. The molecule has 2 rings (SSSR count). The number of hydrogen-bond acceptors (Lipinski definition) is 3. The van der Waals surface area contributed by atoms with Crippen molar-refractivity contribution in [3.63, 3.8) is 0 Å². The van der Waals surface area contributed by atoms with Crippen molar-refractivity contribution in [3.8, 4) is 0 Å². The number of ether oxygens (including phenoxy) is 1. The molecule has 1 heterocycles. The fourth-order valence-electron chi connectivity index (χ4n) is 3.43. The molecule has 1 saturated heterocycles. The largest absolute Gasteiger partial charge is 0.377 e. The first-order valence-corrected chi connectivity index (χ1v) is 7.32. The summed E-state index contributed by atoms with van der Waals surface area (Å²) in [7, 11) is 0. The van der Waals surface area contributed by atoms with Gasteiger partial charge in [0, 0.05) is 25.2 Å². The molecule has 3 heteroatoms. The van der Waals surface area contributed by atoms with Crippen LogP contribution >= 0.6 is 0 Å². The van der Waals surface area contributed by atoms with Crippen LogP contribution in [0.1, 0.15) is 46.0 Å². The minimum absolute atomic E-state index is 0.381. The van der Waals surface area contributed by atoms with E-state index in [9.17, 15) is 0 Å². The molecule has 0 radical (unpaired) electrons. The highest BCUT2D eigenvalue weighted by Crippen LogP contribution is 2.29. The quantitative estimate of drug-likeness (QED) is 0.820. The van der Waals surface area contributed by atoms with E-state index in [1.807, 2.05) is 0 Å². The molecule has 2 fully saturated rings. The van der Waals surface area contributed by atoms with Gasteiger partial charge in [0.2, 0.25) is 0 Å². The van der Waals surface area contributed by atoms with E-state index < -0.39 is 0 Å². The van der Waals surface area contributed by atoms with Gasteiger partial charge in [-0.15, -0.1) is 0 Å². The normalized spacial score (nSPS) is 40.4. The minimum Gasteiger partial charge on any atom is -0.377 e. The van der Waals surface area contributed by atoms with Gasteiger partial charge < -0.3 is 10.5 Å². The molecule has 3 nitrogen and oxygen atoms in total. The van der Waals surface area contributed by atoms with E-state index in [4.69, 9.17) is 10.5 Å². The third-order valence-corrected chi connectivity index (χ3v) is 4.41. The number of piperidine rings is 1. The molecule has 2 aliphatic rings. The van der Waals surface area contributed by atoms with Crippen molar-refractivity contribution in [2.75, 3.05) is 19.7 Å². The van der Waals surface area contributed by atoms with Crippen molar-refractivity contribution in [1.29, 1.82) is 0 Å². The highest BCUT2D eigenvalue weighted by molar-refractivity contribution is 4.90. The fraction of sp³-hybridized carbons (Fsp3) is 1.00. The second kappa shape index (κ2) is 6.17. The second-order valence-corrected chi connectivity index (χ2v) is 5.86. The van der Waals surface area contributed by atoms with Crippen molar-refractivity contribution >= 4 is 0 Å². The first-order valence-electron chi connectivity index (χ1n) is 7.32. The summed E-state index contributed by atoms with van der Waals surface area (Å²) >= 11 is 0. The predicted octanol–water partition coefficient (Wildman–Crippen LogP) is 2.00. The maximum atomic E-state index is 6.31. The van der Waals surface area contributed by atoms with Gasteiger partial charge in [0.25, 0.3) is 0 Å². The summed E-state index contributed by atoms with van der Waals surface area (Å²) < 4.78 is 5.78. The van der Waals surface area contributed by atoms with Crippen molar-refractivity contribution in [1.82, 2.24) is 4.90 Å². The minimum atomic E-state index is 0.381. The summed E-state index contributed by atoms with van der Waals surface area (Å²) in [6.45, 7) is 7.61. The third-order valence-electron chi connectivity index (χ3n) is 4.41. The molecule has 1 saturated carbocycles. The standard InChI is InChI=1S/C14H28N2O/c1-3-17-12-5-4-8-16(10-12)14-9-11(2)6-7-13(14)15/h11-14H,3-10,15H2,1-2H3. The predicted molar refractivity (Wildman–Crippen MR) is 71.0 cm³/mol. The van der Waals surface area contributed by atoms with Gasteiger partial charge in [-0.2, -0.15) is 0 Å². The molecule has 0 spiro atoms. The summed E-state index contributed by atoms with van der Waals surface area (Å²) in [5.41, 5.74) is 6.31. The summed E-state index contributed by atoms with van der Waals surface area (Å²) in [5.74, 6) is 0.840. The lowest BCUT2D eigenvalue weighted by atomic mass is 9.82. The molecular formula is C14H28N2O. The Morgan fingerprint density at radius 1 is 1.29 bits per heavy atom. The smallest absolute Gasteiger partial charge is 0.0702 e. The van der Waals surface area contributed by atoms with Crippen molar-refractivity contribution in [2.45, 2.75) is 64.1 Å². The first kappa shape index (κ1) is 13.3. The van der Waals surface area contributed by atoms with Crippen molar-refractivity contribution < 1.29 is 4.74 Å². The lowest BCUT2D eigenvalue weighted by molar-refractivity contribution is -0.0189. The van der Waals surface area contributed by atoms with E-state index in [1.54, 1.807) is 0 Å². The SMILES string of the molecule is CCOC1CCCN(C2CC(C)CCC2N)C1. The molecule has 100 valence electrons. The van der Waals surface area contributed by atoms with Gasteiger partial charge in [-0.3, -0.25) is 4.90 Å². The number of nitrogens with zero attached hydrogens (tertiary/aromatic N) is 1. The number of rotatable bonds is 3. The lowest BCUT2D eigenvalue weighted by Gasteiger charge is -2.44. The average molecular weight is 240 g/mol. The van der Waals surface area contributed by atoms with Gasteiger partial charge in [-0.1, -0.05) is 6.92 Å². The summed E-state index contributed by atoms with van der Waals surface area (Å²) in [6, 6.07) is 0.980. The molecule has 0 bridgehead atoms. The van der Waals surface area contributed by atoms with Crippen LogP contribution in [-0.4, -0.2) is 42.8 Å². The van der Waals surface area contributed by atoms with Gasteiger partial charge in [0.05, 0.1) is 6.10 Å². The van der Waals surface area contributed by atoms with Crippen LogP contribution in [0.5, 0.6) is 0 Å². The third kappa shape index (κ3) is 3.43. The van der Waals surface area contributed by atoms with Gasteiger partial charge in [-0.05, 0) is 51.5 Å². The molecule has 2 N–H and O–H groups in total. The van der Waals surface area contributed by atoms with Crippen LogP contribution in [-0.2, 0) is 4.74 Å². The molecule has 0 aromatic rings. The van der Waals surface area contributed by atoms with Crippen LogP contribution < -0.4 is 5.73 Å². The van der Waals surface area contributed by atoms with Crippen LogP contribution in [0.4, 0.5) is 0 Å². The van der Waals surface area contributed by atoms with Crippen LogP contribution in [0.2, 0.25) is 0 Å². The van der Waals surface area contributed by atoms with Gasteiger partial charge in [0.15, 0.2) is 0 Å². The van der Waals surface area contributed by atoms with E-state index in [0.717, 1.165) is 19.1 Å². The van der Waals surface area contributed by atoms with Gasteiger partial charge in [0.1, 0.15) is 0 Å². The average Bonchev–Trinajstić information content (AvgIpc) is 2.33. The topological polar surface area (TPSA) is 38.5 Å². The van der Waals surface area contributed by atoms with E-state index in [0.29, 0.717) is 18.2 Å². The maximum Gasteiger partial charge on any atom is 0.0702 e. The second-order valence-electron chi connectivity index (χ2n) is 5.86. The van der Waals surface area contributed by atoms with Gasteiger partial charge >= 0.3 is 0 Å². The lowest BCUT2D eigenvalue weighted by Crippen LogP contribution is -2.55. The van der Waals surface area contributed by atoms with Gasteiger partial charge in [-0.25, -0.2) is 0 Å². The van der Waals surface area contributed by atoms with E-state index in [1.165, 1.54) is 38.6 Å². The molecule has 0 amide bonds. The first-order chi connectivity index (χ1) is 8.20. The molecular weight excluding hydrogens is 212 g/mol. The highest BCUT2D eigenvalue weighted by Gasteiger charge is 2.33.